The van der Waals surface area contributed by atoms with E-state index in [1.165, 1.54) is 0 Å². The van der Waals surface area contributed by atoms with Crippen LogP contribution in [0.5, 0.6) is 0 Å². The normalized spacial score (nSPS) is 10.1. The van der Waals surface area contributed by atoms with Gasteiger partial charge in [-0.05, 0) is 11.8 Å². The summed E-state index contributed by atoms with van der Waals surface area (Å²) in [6.07, 6.45) is 2.67. The van der Waals surface area contributed by atoms with Gasteiger partial charge in [0.2, 0.25) is 0 Å². The summed E-state index contributed by atoms with van der Waals surface area (Å²) >= 11 is 0. The third-order valence-corrected chi connectivity index (χ3v) is 1.01. The summed E-state index contributed by atoms with van der Waals surface area (Å²) in [5, 5.41) is 0. The topological polar surface area (TPSA) is 17.1 Å². The molecule has 0 aromatic heterocycles. The quantitative estimate of drug-likeness (QED) is 0.433. The zero-order chi connectivity index (χ0) is 6.62. The molecule has 0 spiro atoms. The molecule has 9 heavy (non-hydrogen) atoms. The molecule has 0 aliphatic carbocycles. The molecule has 1 nitrogen and oxygen atoms in total. The fraction of sp³-hybridized carbons (Fsp3) is 0.857. The Morgan fingerprint density at radius 2 is 1.78 bits per heavy atom. The summed E-state index contributed by atoms with van der Waals surface area (Å²) in [4.78, 5) is 9.85. The first-order valence-electron chi connectivity index (χ1n) is 3.00. The summed E-state index contributed by atoms with van der Waals surface area (Å²) in [5.74, 6) is 0. The number of carbonyl (C=O) groups excluding carboxylic acids is 1. The van der Waals surface area contributed by atoms with Crippen molar-refractivity contribution in [3.05, 3.63) is 0 Å². The number of aldehydes is 1. The van der Waals surface area contributed by atoms with E-state index in [1.54, 1.807) is 0 Å². The van der Waals surface area contributed by atoms with Gasteiger partial charge < -0.3 is 4.79 Å². The average molecular weight is 154 g/mol. The molecule has 0 aromatic carbocycles. The van der Waals surface area contributed by atoms with Gasteiger partial charge in [0, 0.05) is 6.42 Å². The van der Waals surface area contributed by atoms with Crippen LogP contribution in [0.2, 0.25) is 0 Å². The van der Waals surface area contributed by atoms with Crippen LogP contribution in [0.25, 0.3) is 0 Å². The van der Waals surface area contributed by atoms with E-state index >= 15 is 0 Å². The van der Waals surface area contributed by atoms with E-state index < -0.39 is 0 Å². The molecule has 0 saturated carbocycles. The van der Waals surface area contributed by atoms with E-state index in [4.69, 9.17) is 0 Å². The molecule has 0 aliphatic heterocycles. The Hall–Kier alpha value is 1.31. The first-order chi connectivity index (χ1) is 3.56. The van der Waals surface area contributed by atoms with Crippen molar-refractivity contribution in [3.8, 4) is 0 Å². The summed E-state index contributed by atoms with van der Waals surface area (Å²) in [7, 11) is 0. The Morgan fingerprint density at radius 1 is 1.33 bits per heavy atom. The molecule has 0 rings (SSSR count). The van der Waals surface area contributed by atoms with Gasteiger partial charge in [0.05, 0.1) is 0 Å². The summed E-state index contributed by atoms with van der Waals surface area (Å²) in [6, 6.07) is 0. The first kappa shape index (κ1) is 12.9. The van der Waals surface area contributed by atoms with Gasteiger partial charge in [-0.25, -0.2) is 0 Å². The molecule has 2 heteroatoms. The molecular formula is C7H15KO. The van der Waals surface area contributed by atoms with Crippen molar-refractivity contribution in [2.24, 2.45) is 5.41 Å². The zero-order valence-electron chi connectivity index (χ0n) is 5.90. The van der Waals surface area contributed by atoms with Gasteiger partial charge in [-0.1, -0.05) is 20.8 Å². The summed E-state index contributed by atoms with van der Waals surface area (Å²) < 4.78 is 0. The van der Waals surface area contributed by atoms with Crippen LogP contribution < -0.4 is 0 Å². The summed E-state index contributed by atoms with van der Waals surface area (Å²) in [5.41, 5.74) is 0.320. The van der Waals surface area contributed by atoms with Gasteiger partial charge in [-0.15, -0.1) is 0 Å². The Balaban J connectivity index is 0. The fourth-order valence-electron chi connectivity index (χ4n) is 0.492. The van der Waals surface area contributed by atoms with E-state index in [0.717, 1.165) is 12.7 Å². The van der Waals surface area contributed by atoms with Crippen molar-refractivity contribution in [3.63, 3.8) is 0 Å². The molecule has 0 heterocycles. The Bertz CT molecular complexity index is 73.5. The van der Waals surface area contributed by atoms with Crippen molar-refractivity contribution in [2.75, 3.05) is 0 Å². The summed E-state index contributed by atoms with van der Waals surface area (Å²) in [6.45, 7) is 6.41. The van der Waals surface area contributed by atoms with Crippen molar-refractivity contribution in [1.29, 1.82) is 0 Å². The van der Waals surface area contributed by atoms with Crippen molar-refractivity contribution >= 4 is 57.7 Å². The minimum atomic E-state index is 0. The Kier molecular flexibility index (Phi) is 8.69. The number of hydrogen-bond donors (Lipinski definition) is 0. The molecule has 0 unspecified atom stereocenters. The van der Waals surface area contributed by atoms with Crippen LogP contribution in [0.4, 0.5) is 0 Å². The van der Waals surface area contributed by atoms with E-state index in [9.17, 15) is 4.79 Å². The van der Waals surface area contributed by atoms with E-state index in [-0.39, 0.29) is 51.4 Å². The first-order valence-corrected chi connectivity index (χ1v) is 3.00. The predicted molar refractivity (Wildman–Crippen MR) is 41.9 cm³/mol. The van der Waals surface area contributed by atoms with Crippen LogP contribution in [0.15, 0.2) is 0 Å². The van der Waals surface area contributed by atoms with Crippen LogP contribution in [-0.2, 0) is 4.79 Å². The van der Waals surface area contributed by atoms with Crippen LogP contribution in [0.3, 0.4) is 0 Å². The van der Waals surface area contributed by atoms with E-state index in [2.05, 4.69) is 20.8 Å². The fourth-order valence-corrected chi connectivity index (χ4v) is 0.492. The monoisotopic (exact) mass is 154 g/mol. The van der Waals surface area contributed by atoms with Gasteiger partial charge in [0.25, 0.3) is 0 Å². The van der Waals surface area contributed by atoms with Crippen molar-refractivity contribution in [1.82, 2.24) is 0 Å². The van der Waals surface area contributed by atoms with Crippen LogP contribution in [-0.4, -0.2) is 57.7 Å². The van der Waals surface area contributed by atoms with E-state index in [0.29, 0.717) is 11.8 Å². The molecule has 0 aromatic rings. The standard InChI is InChI=1S/C7H14O.K.H/c1-7(2,3)5-4-6-8;;/h6H,4-5H2,1-3H3;;. The molecule has 0 bridgehead atoms. The van der Waals surface area contributed by atoms with Gasteiger partial charge in [-0.3, -0.25) is 0 Å². The number of hydrogen-bond acceptors (Lipinski definition) is 1. The van der Waals surface area contributed by atoms with Crippen molar-refractivity contribution < 1.29 is 4.79 Å². The molecule has 50 valence electrons. The average Bonchev–Trinajstić information content (AvgIpc) is 1.59. The predicted octanol–water partition coefficient (Wildman–Crippen LogP) is 1.36. The zero-order valence-corrected chi connectivity index (χ0v) is 5.90. The second-order valence-corrected chi connectivity index (χ2v) is 3.27. The number of rotatable bonds is 2. The van der Waals surface area contributed by atoms with E-state index in [1.807, 2.05) is 0 Å². The minimum absolute atomic E-state index is 0. The third-order valence-electron chi connectivity index (χ3n) is 1.01. The van der Waals surface area contributed by atoms with Crippen molar-refractivity contribution in [2.45, 2.75) is 33.6 Å². The second kappa shape index (κ2) is 6.04. The van der Waals surface area contributed by atoms with Gasteiger partial charge in [0.1, 0.15) is 6.29 Å². The molecular weight excluding hydrogens is 139 g/mol. The molecule has 0 radical (unpaired) electrons. The maximum atomic E-state index is 9.85. The Labute approximate surface area is 100 Å². The van der Waals surface area contributed by atoms with Crippen LogP contribution in [0.1, 0.15) is 33.6 Å². The second-order valence-electron chi connectivity index (χ2n) is 3.27. The molecule has 0 amide bonds. The molecule has 0 N–H and O–H groups in total. The van der Waals surface area contributed by atoms with Gasteiger partial charge in [0.15, 0.2) is 0 Å². The molecule has 0 fully saturated rings. The molecule has 0 atom stereocenters. The van der Waals surface area contributed by atoms with Crippen LogP contribution >= 0.6 is 0 Å². The van der Waals surface area contributed by atoms with Gasteiger partial charge >= 0.3 is 51.4 Å². The SMILES string of the molecule is CC(C)(C)CCC=O.[KH]. The van der Waals surface area contributed by atoms with Crippen LogP contribution in [0, 0.1) is 5.41 Å². The number of carbonyl (C=O) groups is 1. The Morgan fingerprint density at radius 3 is 1.89 bits per heavy atom. The molecule has 0 aliphatic rings. The molecule has 0 saturated heterocycles. The van der Waals surface area contributed by atoms with Gasteiger partial charge in [-0.2, -0.15) is 0 Å². The third kappa shape index (κ3) is 12.5. The maximum absolute atomic E-state index is 9.85.